The van der Waals surface area contributed by atoms with Gasteiger partial charge in [-0.25, -0.2) is 8.78 Å². The molecule has 1 saturated heterocycles. The Kier molecular flexibility index (Phi) is 3.01. The van der Waals surface area contributed by atoms with Gasteiger partial charge in [-0.1, -0.05) is 0 Å². The third kappa shape index (κ3) is 2.34. The lowest BCUT2D eigenvalue weighted by atomic mass is 9.92. The molecule has 0 bridgehead atoms. The summed E-state index contributed by atoms with van der Waals surface area (Å²) in [6, 6.07) is 3.08. The van der Waals surface area contributed by atoms with E-state index in [-0.39, 0.29) is 22.9 Å². The minimum absolute atomic E-state index is 0.0581. The van der Waals surface area contributed by atoms with Crippen LogP contribution in [0.5, 0.6) is 0 Å². The first-order valence-corrected chi connectivity index (χ1v) is 6.57. The molecular formula is C14H16F2N2O. The van der Waals surface area contributed by atoms with E-state index in [0.717, 1.165) is 50.6 Å². The molecule has 1 amide bonds. The van der Waals surface area contributed by atoms with E-state index in [2.05, 4.69) is 10.6 Å². The molecule has 0 radical (unpaired) electrons. The van der Waals surface area contributed by atoms with Crippen LogP contribution in [0.4, 0.5) is 14.5 Å². The molecule has 19 heavy (non-hydrogen) atoms. The minimum atomic E-state index is -0.602. The number of carbonyl (C=O) groups excluding carboxylic acids is 1. The number of hydrogen-bond acceptors (Lipinski definition) is 2. The van der Waals surface area contributed by atoms with Crippen LogP contribution in [0.25, 0.3) is 0 Å². The van der Waals surface area contributed by atoms with E-state index in [1.165, 1.54) is 0 Å². The van der Waals surface area contributed by atoms with Crippen LogP contribution < -0.4 is 10.6 Å². The molecule has 1 aliphatic heterocycles. The highest BCUT2D eigenvalue weighted by Gasteiger charge is 2.57. The van der Waals surface area contributed by atoms with Gasteiger partial charge >= 0.3 is 0 Å². The van der Waals surface area contributed by atoms with Gasteiger partial charge in [0.1, 0.15) is 11.6 Å². The number of amides is 1. The summed E-state index contributed by atoms with van der Waals surface area (Å²) >= 11 is 0. The summed E-state index contributed by atoms with van der Waals surface area (Å²) in [6.45, 7) is 1.86. The predicted molar refractivity (Wildman–Crippen MR) is 67.6 cm³/mol. The summed E-state index contributed by atoms with van der Waals surface area (Å²) in [7, 11) is 0. The number of carbonyl (C=O) groups is 1. The number of hydrogen-bond donors (Lipinski definition) is 2. The fourth-order valence-corrected chi connectivity index (χ4v) is 3.01. The predicted octanol–water partition coefficient (Wildman–Crippen LogP) is 2.29. The zero-order chi connectivity index (χ0) is 13.5. The number of piperidine rings is 1. The first-order chi connectivity index (χ1) is 9.11. The van der Waals surface area contributed by atoms with Gasteiger partial charge in [-0.15, -0.1) is 0 Å². The van der Waals surface area contributed by atoms with Crippen molar-refractivity contribution in [3.05, 3.63) is 29.8 Å². The van der Waals surface area contributed by atoms with Gasteiger partial charge in [0.2, 0.25) is 5.91 Å². The Hall–Kier alpha value is -1.49. The highest BCUT2D eigenvalue weighted by atomic mass is 19.1. The van der Waals surface area contributed by atoms with Gasteiger partial charge in [-0.2, -0.15) is 0 Å². The third-order valence-corrected chi connectivity index (χ3v) is 4.29. The van der Waals surface area contributed by atoms with Crippen LogP contribution >= 0.6 is 0 Å². The van der Waals surface area contributed by atoms with E-state index >= 15 is 0 Å². The first kappa shape index (κ1) is 12.5. The number of benzene rings is 1. The fraction of sp³-hybridized carbons (Fsp3) is 0.500. The average molecular weight is 266 g/mol. The molecule has 1 aromatic rings. The van der Waals surface area contributed by atoms with Crippen molar-refractivity contribution in [1.29, 1.82) is 0 Å². The summed E-state index contributed by atoms with van der Waals surface area (Å²) in [5.74, 6) is -1.40. The summed E-state index contributed by atoms with van der Waals surface area (Å²) in [5.41, 5.74) is 0.0278. The molecule has 1 spiro atoms. The normalized spacial score (nSPS) is 24.2. The van der Waals surface area contributed by atoms with Crippen molar-refractivity contribution in [2.45, 2.75) is 19.3 Å². The second kappa shape index (κ2) is 4.56. The SMILES string of the molecule is O=C(Nc1cc(F)ccc1F)C1CC12CCNCC2. The molecule has 102 valence electrons. The monoisotopic (exact) mass is 266 g/mol. The maximum atomic E-state index is 13.5. The summed E-state index contributed by atoms with van der Waals surface area (Å²) < 4.78 is 26.5. The summed E-state index contributed by atoms with van der Waals surface area (Å²) in [4.78, 5) is 12.1. The molecule has 3 nitrogen and oxygen atoms in total. The molecule has 1 saturated carbocycles. The van der Waals surface area contributed by atoms with Crippen molar-refractivity contribution in [1.82, 2.24) is 5.32 Å². The standard InChI is InChI=1S/C14H16F2N2O/c15-9-1-2-11(16)12(7-9)18-13(19)10-8-14(10)3-5-17-6-4-14/h1-2,7,10,17H,3-6,8H2,(H,18,19). The van der Waals surface area contributed by atoms with Crippen molar-refractivity contribution in [3.63, 3.8) is 0 Å². The molecule has 1 atom stereocenters. The third-order valence-electron chi connectivity index (χ3n) is 4.29. The van der Waals surface area contributed by atoms with Gasteiger partial charge in [0.25, 0.3) is 0 Å². The lowest BCUT2D eigenvalue weighted by Crippen LogP contribution is -2.31. The minimum Gasteiger partial charge on any atom is -0.323 e. The Bertz CT molecular complexity index is 512. The zero-order valence-electron chi connectivity index (χ0n) is 10.5. The Morgan fingerprint density at radius 2 is 2.05 bits per heavy atom. The van der Waals surface area contributed by atoms with E-state index in [1.54, 1.807) is 0 Å². The van der Waals surface area contributed by atoms with Crippen LogP contribution in [0.1, 0.15) is 19.3 Å². The second-order valence-electron chi connectivity index (χ2n) is 5.48. The van der Waals surface area contributed by atoms with E-state index in [0.29, 0.717) is 0 Å². The highest BCUT2D eigenvalue weighted by molar-refractivity contribution is 5.95. The molecule has 5 heteroatoms. The molecule has 1 aliphatic carbocycles. The maximum absolute atomic E-state index is 13.5. The number of anilines is 1. The smallest absolute Gasteiger partial charge is 0.228 e. The lowest BCUT2D eigenvalue weighted by molar-refractivity contribution is -0.118. The quantitative estimate of drug-likeness (QED) is 0.862. The van der Waals surface area contributed by atoms with Gasteiger partial charge in [0.15, 0.2) is 0 Å². The highest BCUT2D eigenvalue weighted by Crippen LogP contribution is 2.58. The van der Waals surface area contributed by atoms with Crippen LogP contribution in [0.3, 0.4) is 0 Å². The van der Waals surface area contributed by atoms with Crippen LogP contribution in [0.15, 0.2) is 18.2 Å². The molecule has 1 unspecified atom stereocenters. The van der Waals surface area contributed by atoms with Crippen molar-refractivity contribution in [3.8, 4) is 0 Å². The summed E-state index contributed by atoms with van der Waals surface area (Å²) in [6.07, 6.45) is 2.82. The van der Waals surface area contributed by atoms with Crippen LogP contribution in [0.2, 0.25) is 0 Å². The molecule has 2 N–H and O–H groups in total. The van der Waals surface area contributed by atoms with Crippen LogP contribution in [-0.4, -0.2) is 19.0 Å². The van der Waals surface area contributed by atoms with E-state index in [9.17, 15) is 13.6 Å². The van der Waals surface area contributed by atoms with Crippen molar-refractivity contribution in [2.75, 3.05) is 18.4 Å². The van der Waals surface area contributed by atoms with Crippen LogP contribution in [0, 0.1) is 23.0 Å². The van der Waals surface area contributed by atoms with Crippen molar-refractivity contribution in [2.24, 2.45) is 11.3 Å². The number of halogens is 2. The maximum Gasteiger partial charge on any atom is 0.228 e. The fourth-order valence-electron chi connectivity index (χ4n) is 3.01. The van der Waals surface area contributed by atoms with E-state index < -0.39 is 11.6 Å². The molecule has 2 aliphatic rings. The van der Waals surface area contributed by atoms with E-state index in [1.807, 2.05) is 0 Å². The first-order valence-electron chi connectivity index (χ1n) is 6.57. The van der Waals surface area contributed by atoms with Crippen LogP contribution in [-0.2, 0) is 4.79 Å². The lowest BCUT2D eigenvalue weighted by Gasteiger charge is -2.23. The van der Waals surface area contributed by atoms with Gasteiger partial charge in [0.05, 0.1) is 5.69 Å². The molecule has 1 aromatic carbocycles. The topological polar surface area (TPSA) is 41.1 Å². The van der Waals surface area contributed by atoms with Crippen molar-refractivity contribution < 1.29 is 13.6 Å². The Balaban J connectivity index is 1.68. The van der Waals surface area contributed by atoms with Gasteiger partial charge in [-0.05, 0) is 49.9 Å². The number of rotatable bonds is 2. The Morgan fingerprint density at radius 1 is 1.32 bits per heavy atom. The molecule has 2 fully saturated rings. The zero-order valence-corrected chi connectivity index (χ0v) is 10.5. The molecule has 0 aromatic heterocycles. The summed E-state index contributed by atoms with van der Waals surface area (Å²) in [5, 5.41) is 5.78. The van der Waals surface area contributed by atoms with Gasteiger partial charge < -0.3 is 10.6 Å². The average Bonchev–Trinajstić information content (AvgIpc) is 3.08. The Labute approximate surface area is 110 Å². The van der Waals surface area contributed by atoms with E-state index in [4.69, 9.17) is 0 Å². The van der Waals surface area contributed by atoms with Crippen molar-refractivity contribution >= 4 is 11.6 Å². The van der Waals surface area contributed by atoms with Gasteiger partial charge in [-0.3, -0.25) is 4.79 Å². The number of nitrogens with one attached hydrogen (secondary N) is 2. The molecular weight excluding hydrogens is 250 g/mol. The molecule has 1 heterocycles. The second-order valence-corrected chi connectivity index (χ2v) is 5.48. The molecule has 3 rings (SSSR count). The largest absolute Gasteiger partial charge is 0.323 e. The van der Waals surface area contributed by atoms with Gasteiger partial charge in [0, 0.05) is 12.0 Å². The Morgan fingerprint density at radius 3 is 2.79 bits per heavy atom.